The smallest absolute Gasteiger partial charge is 0.399 e. The Hall–Kier alpha value is -3.15. The highest BCUT2D eigenvalue weighted by molar-refractivity contribution is 5.70. The SMILES string of the molecule is Nc1cc(NCc2ccc(C(F)(F)F)cc2)cc(Nc2ccccc2)c1. The lowest BCUT2D eigenvalue weighted by molar-refractivity contribution is -0.137. The molecule has 0 fully saturated rings. The molecule has 0 unspecified atom stereocenters. The maximum atomic E-state index is 12.6. The van der Waals surface area contributed by atoms with E-state index in [1.54, 1.807) is 6.07 Å². The molecule has 0 bridgehead atoms. The summed E-state index contributed by atoms with van der Waals surface area (Å²) in [5, 5.41) is 6.45. The van der Waals surface area contributed by atoms with Crippen molar-refractivity contribution in [2.75, 3.05) is 16.4 Å². The number of nitrogens with one attached hydrogen (secondary N) is 2. The summed E-state index contributed by atoms with van der Waals surface area (Å²) < 4.78 is 37.8. The standard InChI is InChI=1S/C20H18F3N3/c21-20(22,23)15-8-6-14(7-9-15)13-25-18-10-16(24)11-19(12-18)26-17-4-2-1-3-5-17/h1-12,25-26H,13,24H2. The number of hydrogen-bond acceptors (Lipinski definition) is 3. The largest absolute Gasteiger partial charge is 0.416 e. The van der Waals surface area contributed by atoms with Gasteiger partial charge in [-0.3, -0.25) is 0 Å². The molecule has 4 N–H and O–H groups in total. The molecule has 3 aromatic carbocycles. The molecule has 0 saturated heterocycles. The highest BCUT2D eigenvalue weighted by Crippen LogP contribution is 2.29. The van der Waals surface area contributed by atoms with Crippen LogP contribution in [0.2, 0.25) is 0 Å². The van der Waals surface area contributed by atoms with E-state index in [1.165, 1.54) is 12.1 Å². The molecule has 0 amide bonds. The second kappa shape index (κ2) is 7.39. The Kier molecular flexibility index (Phi) is 5.02. The topological polar surface area (TPSA) is 50.1 Å². The van der Waals surface area contributed by atoms with E-state index in [2.05, 4.69) is 10.6 Å². The van der Waals surface area contributed by atoms with Crippen LogP contribution in [-0.4, -0.2) is 0 Å². The first-order chi connectivity index (χ1) is 12.4. The molecule has 3 rings (SSSR count). The molecule has 3 nitrogen and oxygen atoms in total. The zero-order chi connectivity index (χ0) is 18.6. The van der Waals surface area contributed by atoms with E-state index >= 15 is 0 Å². The molecule has 0 heterocycles. The number of nitrogen functional groups attached to an aromatic ring is 1. The Balaban J connectivity index is 1.68. The molecule has 0 aromatic heterocycles. The first kappa shape index (κ1) is 17.7. The van der Waals surface area contributed by atoms with E-state index in [0.717, 1.165) is 34.8 Å². The van der Waals surface area contributed by atoms with E-state index < -0.39 is 11.7 Å². The normalized spacial score (nSPS) is 11.2. The molecule has 0 atom stereocenters. The van der Waals surface area contributed by atoms with E-state index in [1.807, 2.05) is 42.5 Å². The van der Waals surface area contributed by atoms with Crippen molar-refractivity contribution in [3.63, 3.8) is 0 Å². The van der Waals surface area contributed by atoms with Crippen LogP contribution in [0.5, 0.6) is 0 Å². The van der Waals surface area contributed by atoms with E-state index in [9.17, 15) is 13.2 Å². The van der Waals surface area contributed by atoms with Gasteiger partial charge < -0.3 is 16.4 Å². The lowest BCUT2D eigenvalue weighted by Crippen LogP contribution is -2.06. The van der Waals surface area contributed by atoms with Gasteiger partial charge in [0.15, 0.2) is 0 Å². The monoisotopic (exact) mass is 357 g/mol. The van der Waals surface area contributed by atoms with Crippen molar-refractivity contribution in [1.82, 2.24) is 0 Å². The van der Waals surface area contributed by atoms with Gasteiger partial charge in [0.1, 0.15) is 0 Å². The van der Waals surface area contributed by atoms with Gasteiger partial charge in [-0.15, -0.1) is 0 Å². The van der Waals surface area contributed by atoms with Gasteiger partial charge in [0.2, 0.25) is 0 Å². The number of para-hydroxylation sites is 1. The minimum absolute atomic E-state index is 0.395. The third-order valence-electron chi connectivity index (χ3n) is 3.80. The predicted molar refractivity (Wildman–Crippen MR) is 99.3 cm³/mol. The number of halogens is 3. The number of alkyl halides is 3. The number of nitrogens with two attached hydrogens (primary N) is 1. The van der Waals surface area contributed by atoms with Gasteiger partial charge in [-0.1, -0.05) is 30.3 Å². The Morgan fingerprint density at radius 2 is 1.42 bits per heavy atom. The summed E-state index contributed by atoms with van der Waals surface area (Å²) in [6.07, 6.45) is -4.32. The van der Waals surface area contributed by atoms with Crippen LogP contribution in [-0.2, 0) is 12.7 Å². The van der Waals surface area contributed by atoms with Gasteiger partial charge in [-0.05, 0) is 48.0 Å². The van der Waals surface area contributed by atoms with Crippen molar-refractivity contribution >= 4 is 22.7 Å². The average Bonchev–Trinajstić information content (AvgIpc) is 2.60. The van der Waals surface area contributed by atoms with Gasteiger partial charge >= 0.3 is 6.18 Å². The van der Waals surface area contributed by atoms with Gasteiger partial charge in [0.25, 0.3) is 0 Å². The maximum absolute atomic E-state index is 12.6. The summed E-state index contributed by atoms with van der Waals surface area (Å²) in [4.78, 5) is 0. The maximum Gasteiger partial charge on any atom is 0.416 e. The van der Waals surface area contributed by atoms with E-state index in [4.69, 9.17) is 5.73 Å². The molecule has 3 aromatic rings. The predicted octanol–water partition coefficient (Wildman–Crippen LogP) is 5.64. The quantitative estimate of drug-likeness (QED) is 0.518. The summed E-state index contributed by atoms with van der Waals surface area (Å²) in [5.74, 6) is 0. The van der Waals surface area contributed by atoms with Gasteiger partial charge in [-0.25, -0.2) is 0 Å². The van der Waals surface area contributed by atoms with Gasteiger partial charge in [0, 0.05) is 29.3 Å². The van der Waals surface area contributed by atoms with Crippen LogP contribution in [0.15, 0.2) is 72.8 Å². The Bertz CT molecular complexity index is 860. The molecule has 0 aliphatic carbocycles. The molecular formula is C20H18F3N3. The average molecular weight is 357 g/mol. The fourth-order valence-electron chi connectivity index (χ4n) is 2.53. The lowest BCUT2D eigenvalue weighted by Gasteiger charge is -2.12. The zero-order valence-corrected chi connectivity index (χ0v) is 13.8. The summed E-state index contributed by atoms with van der Waals surface area (Å²) in [5.41, 5.74) is 9.17. The molecule has 0 saturated carbocycles. The molecule has 0 aliphatic heterocycles. The molecule has 0 radical (unpaired) electrons. The third kappa shape index (κ3) is 4.69. The number of benzene rings is 3. The van der Waals surface area contributed by atoms with Crippen LogP contribution in [0.4, 0.5) is 35.9 Å². The van der Waals surface area contributed by atoms with Crippen LogP contribution < -0.4 is 16.4 Å². The van der Waals surface area contributed by atoms with Gasteiger partial charge in [0.05, 0.1) is 5.56 Å². The third-order valence-corrected chi connectivity index (χ3v) is 3.80. The van der Waals surface area contributed by atoms with E-state index in [-0.39, 0.29) is 0 Å². The first-order valence-corrected chi connectivity index (χ1v) is 8.03. The van der Waals surface area contributed by atoms with Crippen molar-refractivity contribution < 1.29 is 13.2 Å². The fourth-order valence-corrected chi connectivity index (χ4v) is 2.53. The molecule has 6 heteroatoms. The minimum Gasteiger partial charge on any atom is -0.399 e. The fraction of sp³-hybridized carbons (Fsp3) is 0.100. The first-order valence-electron chi connectivity index (χ1n) is 8.03. The van der Waals surface area contributed by atoms with Crippen LogP contribution in [0.1, 0.15) is 11.1 Å². The number of rotatable bonds is 5. The summed E-state index contributed by atoms with van der Waals surface area (Å²) in [6, 6.07) is 20.3. The van der Waals surface area contributed by atoms with Crippen molar-refractivity contribution in [3.8, 4) is 0 Å². The number of anilines is 4. The van der Waals surface area contributed by atoms with Gasteiger partial charge in [-0.2, -0.15) is 13.2 Å². The van der Waals surface area contributed by atoms with Crippen LogP contribution in [0.25, 0.3) is 0 Å². The molecule has 26 heavy (non-hydrogen) atoms. The Morgan fingerprint density at radius 3 is 2.08 bits per heavy atom. The molecule has 0 spiro atoms. The number of hydrogen-bond donors (Lipinski definition) is 3. The lowest BCUT2D eigenvalue weighted by atomic mass is 10.1. The summed E-state index contributed by atoms with van der Waals surface area (Å²) >= 11 is 0. The van der Waals surface area contributed by atoms with Crippen LogP contribution in [0, 0.1) is 0 Å². The highest BCUT2D eigenvalue weighted by atomic mass is 19.4. The molecule has 0 aliphatic rings. The van der Waals surface area contributed by atoms with Crippen molar-refractivity contribution in [2.24, 2.45) is 0 Å². The molecular weight excluding hydrogens is 339 g/mol. The molecule has 134 valence electrons. The van der Waals surface area contributed by atoms with Crippen LogP contribution in [0.3, 0.4) is 0 Å². The van der Waals surface area contributed by atoms with Crippen LogP contribution >= 0.6 is 0 Å². The van der Waals surface area contributed by atoms with E-state index in [0.29, 0.717) is 12.2 Å². The Morgan fingerprint density at radius 1 is 0.769 bits per heavy atom. The second-order valence-corrected chi connectivity index (χ2v) is 5.88. The van der Waals surface area contributed by atoms with Crippen molar-refractivity contribution in [2.45, 2.75) is 12.7 Å². The Labute approximate surface area is 149 Å². The highest BCUT2D eigenvalue weighted by Gasteiger charge is 2.29. The van der Waals surface area contributed by atoms with Crippen molar-refractivity contribution in [3.05, 3.63) is 83.9 Å². The summed E-state index contributed by atoms with van der Waals surface area (Å²) in [7, 11) is 0. The van der Waals surface area contributed by atoms with Crippen molar-refractivity contribution in [1.29, 1.82) is 0 Å². The minimum atomic E-state index is -4.32. The second-order valence-electron chi connectivity index (χ2n) is 5.88. The zero-order valence-electron chi connectivity index (χ0n) is 13.8. The summed E-state index contributed by atoms with van der Waals surface area (Å²) in [6.45, 7) is 0.395.